The minimum atomic E-state index is -0.634. The van der Waals surface area contributed by atoms with Gasteiger partial charge in [0, 0.05) is 0 Å². The van der Waals surface area contributed by atoms with Crippen LogP contribution in [0.15, 0.2) is 29.2 Å². The average molecular weight is 349 g/mol. The molecule has 1 heterocycles. The molecule has 1 aromatic carbocycles. The molecule has 2 amide bonds. The first-order chi connectivity index (χ1) is 11.4. The van der Waals surface area contributed by atoms with E-state index in [1.807, 2.05) is 38.1 Å². The Kier molecular flexibility index (Phi) is 6.03. The molecule has 6 nitrogen and oxygen atoms in total. The average Bonchev–Trinajstić information content (AvgIpc) is 2.83. The Morgan fingerprint density at radius 1 is 1.29 bits per heavy atom. The second-order valence-corrected chi connectivity index (χ2v) is 6.24. The fraction of sp³-hybridized carbons (Fsp3) is 0.353. The lowest BCUT2D eigenvalue weighted by atomic mass is 10.2. The zero-order valence-electron chi connectivity index (χ0n) is 13.8. The summed E-state index contributed by atoms with van der Waals surface area (Å²) >= 11 is 0.807. The molecule has 1 aliphatic rings. The predicted octanol–water partition coefficient (Wildman–Crippen LogP) is 3.07. The summed E-state index contributed by atoms with van der Waals surface area (Å²) in [5, 5.41) is -0.478. The quantitative estimate of drug-likeness (QED) is 0.580. The van der Waals surface area contributed by atoms with Crippen LogP contribution < -0.4 is 4.74 Å². The number of hydrogen-bond donors (Lipinski definition) is 0. The number of carbonyl (C=O) groups excluding carboxylic acids is 3. The van der Waals surface area contributed by atoms with Crippen LogP contribution in [0.25, 0.3) is 6.08 Å². The van der Waals surface area contributed by atoms with Gasteiger partial charge in [-0.15, -0.1) is 0 Å². The zero-order valence-corrected chi connectivity index (χ0v) is 14.6. The highest BCUT2D eigenvalue weighted by Crippen LogP contribution is 2.32. The van der Waals surface area contributed by atoms with E-state index in [0.29, 0.717) is 0 Å². The van der Waals surface area contributed by atoms with E-state index in [-0.39, 0.29) is 17.6 Å². The molecule has 1 saturated heterocycles. The SMILES string of the molecule is CC[C@H](C)Oc1ccc(/C=C2\SC(=O)N(CC(=O)OC)C2=O)cc1. The lowest BCUT2D eigenvalue weighted by Gasteiger charge is -2.12. The van der Waals surface area contributed by atoms with Crippen molar-refractivity contribution in [1.29, 1.82) is 0 Å². The first kappa shape index (κ1) is 18.1. The Labute approximate surface area is 144 Å². The molecule has 24 heavy (non-hydrogen) atoms. The summed E-state index contributed by atoms with van der Waals surface area (Å²) < 4.78 is 10.2. The number of nitrogens with zero attached hydrogens (tertiary/aromatic N) is 1. The van der Waals surface area contributed by atoms with Gasteiger partial charge in [0.15, 0.2) is 0 Å². The van der Waals surface area contributed by atoms with Gasteiger partial charge < -0.3 is 9.47 Å². The number of methoxy groups -OCH3 is 1. The third-order valence-electron chi connectivity index (χ3n) is 3.48. The predicted molar refractivity (Wildman–Crippen MR) is 91.5 cm³/mol. The first-order valence-corrected chi connectivity index (χ1v) is 8.35. The molecule has 0 radical (unpaired) electrons. The third kappa shape index (κ3) is 4.38. The molecule has 7 heteroatoms. The van der Waals surface area contributed by atoms with Gasteiger partial charge in [0.25, 0.3) is 11.1 Å². The van der Waals surface area contributed by atoms with E-state index in [1.165, 1.54) is 7.11 Å². The summed E-state index contributed by atoms with van der Waals surface area (Å²) in [6, 6.07) is 7.26. The van der Waals surface area contributed by atoms with E-state index >= 15 is 0 Å². The van der Waals surface area contributed by atoms with Crippen molar-refractivity contribution < 1.29 is 23.9 Å². The van der Waals surface area contributed by atoms with Gasteiger partial charge in [-0.3, -0.25) is 19.3 Å². The summed E-state index contributed by atoms with van der Waals surface area (Å²) in [4.78, 5) is 36.5. The first-order valence-electron chi connectivity index (χ1n) is 7.53. The number of carbonyl (C=O) groups is 3. The Hall–Kier alpha value is -2.28. The van der Waals surface area contributed by atoms with E-state index in [2.05, 4.69) is 4.74 Å². The Balaban J connectivity index is 2.09. The fourth-order valence-electron chi connectivity index (χ4n) is 1.94. The lowest BCUT2D eigenvalue weighted by Crippen LogP contribution is -2.34. The summed E-state index contributed by atoms with van der Waals surface area (Å²) in [6.45, 7) is 3.66. The molecule has 0 aromatic heterocycles. The molecule has 0 N–H and O–H groups in total. The minimum Gasteiger partial charge on any atom is -0.491 e. The second-order valence-electron chi connectivity index (χ2n) is 5.25. The Morgan fingerprint density at radius 3 is 2.54 bits per heavy atom. The number of imide groups is 1. The molecule has 0 aliphatic carbocycles. The van der Waals surface area contributed by atoms with Crippen LogP contribution >= 0.6 is 11.8 Å². The minimum absolute atomic E-state index is 0.130. The van der Waals surface area contributed by atoms with E-state index in [4.69, 9.17) is 4.74 Å². The summed E-state index contributed by atoms with van der Waals surface area (Å²) in [6.07, 6.45) is 2.66. The number of benzene rings is 1. The third-order valence-corrected chi connectivity index (χ3v) is 4.39. The molecule has 0 saturated carbocycles. The lowest BCUT2D eigenvalue weighted by molar-refractivity contribution is -0.143. The monoisotopic (exact) mass is 349 g/mol. The van der Waals surface area contributed by atoms with Crippen LogP contribution in [0.1, 0.15) is 25.8 Å². The summed E-state index contributed by atoms with van der Waals surface area (Å²) in [5.41, 5.74) is 0.773. The molecule has 128 valence electrons. The summed E-state index contributed by atoms with van der Waals surface area (Å²) in [5.74, 6) is -0.374. The maximum Gasteiger partial charge on any atom is 0.325 e. The van der Waals surface area contributed by atoms with Gasteiger partial charge in [-0.05, 0) is 48.9 Å². The molecule has 1 aromatic rings. The van der Waals surface area contributed by atoms with Gasteiger partial charge in [0.2, 0.25) is 0 Å². The number of hydrogen-bond acceptors (Lipinski definition) is 6. The van der Waals surface area contributed by atoms with Gasteiger partial charge in [0.05, 0.1) is 18.1 Å². The number of rotatable bonds is 6. The maximum absolute atomic E-state index is 12.2. The van der Waals surface area contributed by atoms with Crippen LogP contribution in [0.2, 0.25) is 0 Å². The molecule has 1 fully saturated rings. The zero-order chi connectivity index (χ0) is 17.7. The molecule has 0 unspecified atom stereocenters. The fourth-order valence-corrected chi connectivity index (χ4v) is 2.78. The number of amides is 2. The van der Waals surface area contributed by atoms with Gasteiger partial charge in [-0.25, -0.2) is 0 Å². The van der Waals surface area contributed by atoms with Gasteiger partial charge in [-0.1, -0.05) is 19.1 Å². The highest BCUT2D eigenvalue weighted by atomic mass is 32.2. The summed E-state index contributed by atoms with van der Waals surface area (Å²) in [7, 11) is 1.21. The van der Waals surface area contributed by atoms with Crippen molar-refractivity contribution in [1.82, 2.24) is 4.90 Å². The van der Waals surface area contributed by atoms with E-state index in [0.717, 1.165) is 34.4 Å². The Morgan fingerprint density at radius 2 is 1.96 bits per heavy atom. The largest absolute Gasteiger partial charge is 0.491 e. The van der Waals surface area contributed by atoms with Crippen molar-refractivity contribution in [2.45, 2.75) is 26.4 Å². The van der Waals surface area contributed by atoms with Crippen molar-refractivity contribution in [3.63, 3.8) is 0 Å². The van der Waals surface area contributed by atoms with E-state index in [1.54, 1.807) is 6.08 Å². The van der Waals surface area contributed by atoms with Crippen LogP contribution in [0, 0.1) is 0 Å². The normalized spacial score (nSPS) is 17.3. The van der Waals surface area contributed by atoms with Gasteiger partial charge >= 0.3 is 5.97 Å². The molecule has 1 aliphatic heterocycles. The topological polar surface area (TPSA) is 72.9 Å². The molecule has 0 spiro atoms. The molecule has 0 bridgehead atoms. The Bertz CT molecular complexity index is 668. The number of esters is 1. The molecular weight excluding hydrogens is 330 g/mol. The second kappa shape index (κ2) is 8.01. The van der Waals surface area contributed by atoms with E-state index in [9.17, 15) is 14.4 Å². The standard InChI is InChI=1S/C17H19NO5S/c1-4-11(2)23-13-7-5-12(6-8-13)9-14-16(20)18(17(21)24-14)10-15(19)22-3/h5-9,11H,4,10H2,1-3H3/b14-9-/t11-/m0/s1. The van der Waals surface area contributed by atoms with Gasteiger partial charge in [0.1, 0.15) is 12.3 Å². The number of ether oxygens (including phenoxy) is 2. The van der Waals surface area contributed by atoms with Crippen LogP contribution in [0.5, 0.6) is 5.75 Å². The smallest absolute Gasteiger partial charge is 0.325 e. The molecule has 2 rings (SSSR count). The van der Waals surface area contributed by atoms with Crippen LogP contribution in [-0.2, 0) is 14.3 Å². The van der Waals surface area contributed by atoms with Crippen LogP contribution in [0.3, 0.4) is 0 Å². The van der Waals surface area contributed by atoms with Crippen molar-refractivity contribution in [2.75, 3.05) is 13.7 Å². The molecular formula is C17H19NO5S. The highest BCUT2D eigenvalue weighted by molar-refractivity contribution is 8.18. The van der Waals surface area contributed by atoms with Gasteiger partial charge in [-0.2, -0.15) is 0 Å². The maximum atomic E-state index is 12.2. The van der Waals surface area contributed by atoms with Crippen LogP contribution in [-0.4, -0.2) is 41.8 Å². The number of thioether (sulfide) groups is 1. The van der Waals surface area contributed by atoms with Crippen molar-refractivity contribution in [3.05, 3.63) is 34.7 Å². The van der Waals surface area contributed by atoms with Crippen molar-refractivity contribution in [3.8, 4) is 5.75 Å². The van der Waals surface area contributed by atoms with E-state index < -0.39 is 17.1 Å². The van der Waals surface area contributed by atoms with Crippen molar-refractivity contribution in [2.24, 2.45) is 0 Å². The molecule has 1 atom stereocenters. The van der Waals surface area contributed by atoms with Crippen molar-refractivity contribution >= 4 is 35.0 Å². The van der Waals surface area contributed by atoms with Crippen LogP contribution in [0.4, 0.5) is 4.79 Å². The highest BCUT2D eigenvalue weighted by Gasteiger charge is 2.36.